The van der Waals surface area contributed by atoms with Gasteiger partial charge in [0.05, 0.1) is 30.1 Å². The molecule has 134 valence electrons. The Labute approximate surface area is 146 Å². The van der Waals surface area contributed by atoms with Gasteiger partial charge in [0.25, 0.3) is 11.8 Å². The van der Waals surface area contributed by atoms with Crippen molar-refractivity contribution in [2.45, 2.75) is 6.92 Å². The van der Waals surface area contributed by atoms with Crippen LogP contribution in [-0.4, -0.2) is 58.6 Å². The second-order valence-electron chi connectivity index (χ2n) is 6.23. The summed E-state index contributed by atoms with van der Waals surface area (Å²) in [4.78, 5) is 40.4. The third kappa shape index (κ3) is 3.72. The smallest absolute Gasteiger partial charge is 0.432 e. The molecule has 0 saturated carbocycles. The van der Waals surface area contributed by atoms with Crippen LogP contribution in [0.4, 0.5) is 4.79 Å². The molecule has 2 heterocycles. The summed E-state index contributed by atoms with van der Waals surface area (Å²) in [5.74, 6) is -0.838. The first kappa shape index (κ1) is 17.6. The quantitative estimate of drug-likeness (QED) is 0.549. The van der Waals surface area contributed by atoms with Gasteiger partial charge in [0, 0.05) is 22.0 Å². The molecule has 25 heavy (non-hydrogen) atoms. The van der Waals surface area contributed by atoms with Crippen molar-refractivity contribution in [3.05, 3.63) is 35.4 Å². The van der Waals surface area contributed by atoms with E-state index in [1.165, 1.54) is 12.1 Å². The van der Waals surface area contributed by atoms with Crippen molar-refractivity contribution in [3.8, 4) is 0 Å². The van der Waals surface area contributed by atoms with E-state index in [4.69, 9.17) is 9.47 Å². The molecule has 0 aromatic heterocycles. The number of rotatable bonds is 6. The predicted molar refractivity (Wildman–Crippen MR) is 86.2 cm³/mol. The molecule has 1 aromatic rings. The van der Waals surface area contributed by atoms with Crippen LogP contribution in [0.1, 0.15) is 27.6 Å². The molecule has 9 heteroatoms. The van der Waals surface area contributed by atoms with E-state index in [1.807, 2.05) is 6.92 Å². The summed E-state index contributed by atoms with van der Waals surface area (Å²) >= 11 is 0. The first-order valence-electron chi connectivity index (χ1n) is 7.65. The molecule has 8 nitrogen and oxygen atoms in total. The number of carbonyl (C=O) groups excluding carboxylic acids is 3. The van der Waals surface area contributed by atoms with Gasteiger partial charge in [-0.3, -0.25) is 18.6 Å². The molecule has 0 bridgehead atoms. The van der Waals surface area contributed by atoms with Gasteiger partial charge in [-0.2, -0.15) is 0 Å². The molecule has 0 radical (unpaired) electrons. The zero-order valence-corrected chi connectivity index (χ0v) is 14.4. The van der Waals surface area contributed by atoms with Gasteiger partial charge in [0.15, 0.2) is 0 Å². The molecule has 1 fully saturated rings. The fourth-order valence-electron chi connectivity index (χ4n) is 2.56. The van der Waals surface area contributed by atoms with Gasteiger partial charge >= 0.3 is 6.16 Å². The summed E-state index contributed by atoms with van der Waals surface area (Å²) in [6, 6.07) is 6.15. The molecule has 1 aromatic carbocycles. The van der Waals surface area contributed by atoms with Crippen molar-refractivity contribution in [3.63, 3.8) is 0 Å². The van der Waals surface area contributed by atoms with E-state index in [9.17, 15) is 18.6 Å². The maximum absolute atomic E-state index is 12.0. The molecule has 1 saturated heterocycles. The lowest BCUT2D eigenvalue weighted by atomic mass is 9.92. The minimum Gasteiger partial charge on any atom is -0.432 e. The maximum Gasteiger partial charge on any atom is 0.534 e. The van der Waals surface area contributed by atoms with Crippen LogP contribution in [0.15, 0.2) is 24.3 Å². The number of fused-ring (bicyclic) bond motifs is 1. The van der Waals surface area contributed by atoms with Crippen LogP contribution >= 0.6 is 0 Å². The molecule has 2 aliphatic rings. The van der Waals surface area contributed by atoms with Crippen LogP contribution in [0, 0.1) is 5.41 Å². The minimum atomic E-state index is -1.19. The molecule has 0 aliphatic carbocycles. The molecule has 2 aliphatic heterocycles. The van der Waals surface area contributed by atoms with Gasteiger partial charge in [-0.15, -0.1) is 0 Å². The largest absolute Gasteiger partial charge is 0.534 e. The number of hydrogen-bond donors (Lipinski definition) is 0. The van der Waals surface area contributed by atoms with Gasteiger partial charge in [-0.25, -0.2) is 4.79 Å². The van der Waals surface area contributed by atoms with E-state index in [0.29, 0.717) is 24.0 Å². The number of hydroxylamine groups is 2. The molecule has 2 amide bonds. The summed E-state index contributed by atoms with van der Waals surface area (Å²) in [5.41, 5.74) is 0.237. The van der Waals surface area contributed by atoms with Crippen LogP contribution in [0.25, 0.3) is 0 Å². The zero-order valence-electron chi connectivity index (χ0n) is 13.6. The van der Waals surface area contributed by atoms with E-state index in [1.54, 1.807) is 12.1 Å². The number of imide groups is 1. The Hall–Kier alpha value is -2.26. The monoisotopic (exact) mass is 367 g/mol. The lowest BCUT2D eigenvalue weighted by molar-refractivity contribution is -0.0866. The lowest BCUT2D eigenvalue weighted by Gasteiger charge is -2.37. The molecule has 0 spiro atoms. The van der Waals surface area contributed by atoms with E-state index < -0.39 is 28.8 Å². The molecular formula is C16H17NO7S. The number of hydrogen-bond acceptors (Lipinski definition) is 7. The van der Waals surface area contributed by atoms with Crippen molar-refractivity contribution >= 4 is 28.8 Å². The van der Waals surface area contributed by atoms with Crippen molar-refractivity contribution in [1.82, 2.24) is 5.06 Å². The van der Waals surface area contributed by atoms with Gasteiger partial charge in [-0.1, -0.05) is 24.1 Å². The fourth-order valence-corrected chi connectivity index (χ4v) is 3.92. The van der Waals surface area contributed by atoms with Crippen molar-refractivity contribution in [2.75, 3.05) is 31.3 Å². The Morgan fingerprint density at radius 1 is 1.24 bits per heavy atom. The first-order valence-corrected chi connectivity index (χ1v) is 9.14. The van der Waals surface area contributed by atoms with Crippen LogP contribution in [0.2, 0.25) is 0 Å². The normalized spacial score (nSPS) is 19.2. The second kappa shape index (κ2) is 6.93. The average molecular weight is 367 g/mol. The van der Waals surface area contributed by atoms with Crippen LogP contribution < -0.4 is 0 Å². The third-order valence-electron chi connectivity index (χ3n) is 3.86. The minimum absolute atomic E-state index is 0.0917. The Kier molecular flexibility index (Phi) is 4.87. The average Bonchev–Trinajstić information content (AvgIpc) is 2.79. The number of benzene rings is 1. The van der Waals surface area contributed by atoms with Gasteiger partial charge in [0.1, 0.15) is 6.61 Å². The summed E-state index contributed by atoms with van der Waals surface area (Å²) in [7, 11) is -1.17. The fraction of sp³-hybridized carbons (Fsp3) is 0.438. The Balaban J connectivity index is 1.45. The first-order chi connectivity index (χ1) is 11.9. The Morgan fingerprint density at radius 3 is 2.36 bits per heavy atom. The number of nitrogens with zero attached hydrogens (tertiary/aromatic N) is 1. The molecule has 1 atom stereocenters. The summed E-state index contributed by atoms with van der Waals surface area (Å²) in [6.45, 7) is 2.99. The lowest BCUT2D eigenvalue weighted by Crippen LogP contribution is -2.44. The number of carbonyl (C=O) groups is 3. The van der Waals surface area contributed by atoms with Gasteiger partial charge in [-0.05, 0) is 12.1 Å². The molecular weight excluding hydrogens is 350 g/mol. The highest BCUT2D eigenvalue weighted by molar-refractivity contribution is 7.85. The van der Waals surface area contributed by atoms with E-state index in [0.717, 1.165) is 0 Å². The number of ether oxygens (including phenoxy) is 2. The maximum atomic E-state index is 12.0. The highest BCUT2D eigenvalue weighted by Gasteiger charge is 2.39. The van der Waals surface area contributed by atoms with Crippen LogP contribution in [0.5, 0.6) is 0 Å². The number of amides is 2. The summed E-state index contributed by atoms with van der Waals surface area (Å²) in [5, 5.41) is 0.372. The Bertz CT molecular complexity index is 709. The van der Waals surface area contributed by atoms with E-state index in [-0.39, 0.29) is 28.9 Å². The second-order valence-corrected chi connectivity index (χ2v) is 7.81. The molecule has 0 N–H and O–H groups in total. The zero-order chi connectivity index (χ0) is 18.0. The van der Waals surface area contributed by atoms with Gasteiger partial charge in [0.2, 0.25) is 0 Å². The van der Waals surface area contributed by atoms with Gasteiger partial charge < -0.3 is 9.47 Å². The van der Waals surface area contributed by atoms with Crippen molar-refractivity contribution in [1.29, 1.82) is 0 Å². The topological polar surface area (TPSA) is 99.2 Å². The SMILES string of the molecule is CC1(CS(=O)CCOC(=O)ON2C(=O)c3ccccc3C2=O)COC1. The molecule has 1 unspecified atom stereocenters. The Morgan fingerprint density at radius 2 is 1.84 bits per heavy atom. The van der Waals surface area contributed by atoms with Crippen LogP contribution in [-0.2, 0) is 25.1 Å². The standard InChI is InChI=1S/C16H17NO7S/c1-16(8-22-9-16)10-25(21)7-6-23-15(20)24-17-13(18)11-4-2-3-5-12(11)14(17)19/h2-5H,6-10H2,1H3. The van der Waals surface area contributed by atoms with Crippen molar-refractivity contribution in [2.24, 2.45) is 5.41 Å². The highest BCUT2D eigenvalue weighted by Crippen LogP contribution is 2.27. The van der Waals surface area contributed by atoms with E-state index in [2.05, 4.69) is 4.84 Å². The van der Waals surface area contributed by atoms with E-state index >= 15 is 0 Å². The summed E-state index contributed by atoms with van der Waals surface area (Å²) in [6.07, 6.45) is -1.19. The van der Waals surface area contributed by atoms with Crippen molar-refractivity contribution < 1.29 is 32.9 Å². The predicted octanol–water partition coefficient (Wildman–Crippen LogP) is 1.14. The molecule has 3 rings (SSSR count). The highest BCUT2D eigenvalue weighted by atomic mass is 32.2. The van der Waals surface area contributed by atoms with Crippen LogP contribution in [0.3, 0.4) is 0 Å². The third-order valence-corrected chi connectivity index (χ3v) is 5.50. The summed E-state index contributed by atoms with van der Waals surface area (Å²) < 4.78 is 21.8.